The quantitative estimate of drug-likeness (QED) is 0.348. The van der Waals surface area contributed by atoms with Gasteiger partial charge in [-0.3, -0.25) is 19.7 Å². The Labute approximate surface area is 127 Å². The number of nitro groups is 1. The maximum absolute atomic E-state index is 11.9. The Hall–Kier alpha value is -1.95. The number of halogens is 1. The first-order valence-electron chi connectivity index (χ1n) is 6.40. The van der Waals surface area contributed by atoms with Gasteiger partial charge < -0.3 is 4.74 Å². The highest BCUT2D eigenvalue weighted by Gasteiger charge is 2.35. The maximum Gasteiger partial charge on any atom is 0.317 e. The van der Waals surface area contributed by atoms with Gasteiger partial charge in [-0.2, -0.15) is 0 Å². The van der Waals surface area contributed by atoms with Gasteiger partial charge >= 0.3 is 5.97 Å². The lowest BCUT2D eigenvalue weighted by Crippen LogP contribution is -2.29. The van der Waals surface area contributed by atoms with Gasteiger partial charge in [-0.1, -0.05) is 24.6 Å². The van der Waals surface area contributed by atoms with E-state index in [4.69, 9.17) is 16.3 Å². The number of Topliss-reactive ketones (excluding diaryl/α,β-unsaturated/α-hetero) is 1. The Bertz CT molecular complexity index is 572. The molecule has 1 rings (SSSR count). The number of hydrogen-bond donors (Lipinski definition) is 0. The molecule has 21 heavy (non-hydrogen) atoms. The van der Waals surface area contributed by atoms with E-state index in [1.54, 1.807) is 13.8 Å². The van der Waals surface area contributed by atoms with Crippen LogP contribution in [0.5, 0.6) is 0 Å². The molecule has 0 amide bonds. The van der Waals surface area contributed by atoms with Crippen molar-refractivity contribution in [2.75, 3.05) is 6.61 Å². The highest BCUT2D eigenvalue weighted by atomic mass is 35.5. The topological polar surface area (TPSA) is 86.5 Å². The van der Waals surface area contributed by atoms with Gasteiger partial charge in [0, 0.05) is 22.6 Å². The molecule has 2 atom stereocenters. The van der Waals surface area contributed by atoms with E-state index in [2.05, 4.69) is 0 Å². The minimum Gasteiger partial charge on any atom is -0.465 e. The van der Waals surface area contributed by atoms with Crippen molar-refractivity contribution in [2.24, 2.45) is 5.92 Å². The van der Waals surface area contributed by atoms with Gasteiger partial charge in [0.1, 0.15) is 11.7 Å². The van der Waals surface area contributed by atoms with Crippen molar-refractivity contribution in [3.63, 3.8) is 0 Å². The third-order valence-corrected chi connectivity index (χ3v) is 3.39. The molecular formula is C14H16ClNO5. The van der Waals surface area contributed by atoms with Gasteiger partial charge in [0.05, 0.1) is 11.5 Å². The SMILES string of the molecule is CCOC(=O)C(C(C)=O)C(C)c1ccc(Cl)cc1[N+](=O)[O-]. The van der Waals surface area contributed by atoms with Crippen LogP contribution in [0.2, 0.25) is 5.02 Å². The molecule has 0 aliphatic heterocycles. The van der Waals surface area contributed by atoms with Crippen LogP contribution in [0.1, 0.15) is 32.3 Å². The Kier molecular flexibility index (Phi) is 5.84. The number of ether oxygens (including phenoxy) is 1. The Morgan fingerprint density at radius 3 is 2.52 bits per heavy atom. The molecule has 0 aromatic heterocycles. The Morgan fingerprint density at radius 1 is 1.43 bits per heavy atom. The standard InChI is InChI=1S/C14H16ClNO5/c1-4-21-14(18)13(9(3)17)8(2)11-6-5-10(15)7-12(11)16(19)20/h5-8,13H,4H2,1-3H3. The van der Waals surface area contributed by atoms with E-state index < -0.39 is 28.5 Å². The summed E-state index contributed by atoms with van der Waals surface area (Å²) in [5.74, 6) is -2.84. The van der Waals surface area contributed by atoms with Crippen molar-refractivity contribution in [3.8, 4) is 0 Å². The van der Waals surface area contributed by atoms with Crippen molar-refractivity contribution in [1.29, 1.82) is 0 Å². The Morgan fingerprint density at radius 2 is 2.05 bits per heavy atom. The fraction of sp³-hybridized carbons (Fsp3) is 0.429. The number of carbonyl (C=O) groups is 2. The summed E-state index contributed by atoms with van der Waals surface area (Å²) in [7, 11) is 0. The third-order valence-electron chi connectivity index (χ3n) is 3.16. The van der Waals surface area contributed by atoms with Gasteiger partial charge in [0.25, 0.3) is 5.69 Å². The van der Waals surface area contributed by atoms with E-state index in [1.165, 1.54) is 25.1 Å². The highest BCUT2D eigenvalue weighted by molar-refractivity contribution is 6.30. The fourth-order valence-corrected chi connectivity index (χ4v) is 2.36. The number of esters is 1. The fourth-order valence-electron chi connectivity index (χ4n) is 2.19. The summed E-state index contributed by atoms with van der Waals surface area (Å²) >= 11 is 5.76. The van der Waals surface area contributed by atoms with Gasteiger partial charge in [-0.25, -0.2) is 0 Å². The molecule has 0 N–H and O–H groups in total. The minimum absolute atomic E-state index is 0.137. The second kappa shape index (κ2) is 7.17. The average Bonchev–Trinajstić information content (AvgIpc) is 2.38. The zero-order valence-electron chi connectivity index (χ0n) is 12.0. The highest BCUT2D eigenvalue weighted by Crippen LogP contribution is 2.34. The molecule has 0 bridgehead atoms. The van der Waals surface area contributed by atoms with Gasteiger partial charge in [0.15, 0.2) is 0 Å². The summed E-state index contributed by atoms with van der Waals surface area (Å²) in [4.78, 5) is 34.2. The summed E-state index contributed by atoms with van der Waals surface area (Å²) in [5.41, 5.74) is 0.0585. The predicted molar refractivity (Wildman–Crippen MR) is 77.3 cm³/mol. The maximum atomic E-state index is 11.9. The summed E-state index contributed by atoms with van der Waals surface area (Å²) in [6, 6.07) is 4.15. The normalized spacial score (nSPS) is 13.3. The molecule has 0 saturated heterocycles. The van der Waals surface area contributed by atoms with Gasteiger partial charge in [0.2, 0.25) is 0 Å². The largest absolute Gasteiger partial charge is 0.465 e. The molecule has 0 aliphatic carbocycles. The Balaban J connectivity index is 3.27. The van der Waals surface area contributed by atoms with Crippen molar-refractivity contribution < 1.29 is 19.2 Å². The number of nitro benzene ring substituents is 1. The third kappa shape index (κ3) is 4.01. The van der Waals surface area contributed by atoms with E-state index in [9.17, 15) is 19.7 Å². The number of benzene rings is 1. The number of nitrogens with zero attached hydrogens (tertiary/aromatic N) is 1. The zero-order valence-corrected chi connectivity index (χ0v) is 12.7. The smallest absolute Gasteiger partial charge is 0.317 e. The molecule has 2 unspecified atom stereocenters. The van der Waals surface area contributed by atoms with Gasteiger partial charge in [-0.05, 0) is 19.9 Å². The molecule has 0 spiro atoms. The van der Waals surface area contributed by atoms with E-state index in [0.717, 1.165) is 0 Å². The van der Waals surface area contributed by atoms with E-state index in [0.29, 0.717) is 0 Å². The lowest BCUT2D eigenvalue weighted by Gasteiger charge is -2.20. The van der Waals surface area contributed by atoms with Gasteiger partial charge in [-0.15, -0.1) is 0 Å². The van der Waals surface area contributed by atoms with E-state index in [1.807, 2.05) is 0 Å². The van der Waals surface area contributed by atoms with Crippen LogP contribution in [0.4, 0.5) is 5.69 Å². The first-order chi connectivity index (χ1) is 9.79. The van der Waals surface area contributed by atoms with Crippen molar-refractivity contribution in [3.05, 3.63) is 38.9 Å². The van der Waals surface area contributed by atoms with Crippen LogP contribution in [-0.4, -0.2) is 23.3 Å². The van der Waals surface area contributed by atoms with Crippen molar-refractivity contribution >= 4 is 29.0 Å². The molecular weight excluding hydrogens is 298 g/mol. The lowest BCUT2D eigenvalue weighted by molar-refractivity contribution is -0.385. The van der Waals surface area contributed by atoms with Crippen LogP contribution >= 0.6 is 11.6 Å². The van der Waals surface area contributed by atoms with Crippen LogP contribution in [0.15, 0.2) is 18.2 Å². The molecule has 114 valence electrons. The molecule has 0 fully saturated rings. The average molecular weight is 314 g/mol. The zero-order chi connectivity index (χ0) is 16.2. The van der Waals surface area contributed by atoms with Crippen molar-refractivity contribution in [1.82, 2.24) is 0 Å². The summed E-state index contributed by atoms with van der Waals surface area (Å²) < 4.78 is 4.88. The van der Waals surface area contributed by atoms with E-state index >= 15 is 0 Å². The van der Waals surface area contributed by atoms with Crippen LogP contribution in [0.25, 0.3) is 0 Å². The summed E-state index contributed by atoms with van der Waals surface area (Å²) in [5, 5.41) is 11.3. The second-order valence-electron chi connectivity index (χ2n) is 4.59. The van der Waals surface area contributed by atoms with Crippen molar-refractivity contribution in [2.45, 2.75) is 26.7 Å². The first kappa shape index (κ1) is 17.1. The summed E-state index contributed by atoms with van der Waals surface area (Å²) in [6.07, 6.45) is 0. The second-order valence-corrected chi connectivity index (χ2v) is 5.03. The monoisotopic (exact) mass is 313 g/mol. The number of rotatable bonds is 6. The van der Waals surface area contributed by atoms with Crippen LogP contribution in [0, 0.1) is 16.0 Å². The molecule has 1 aromatic rings. The van der Waals surface area contributed by atoms with Crippen LogP contribution in [-0.2, 0) is 14.3 Å². The molecule has 7 heteroatoms. The molecule has 0 saturated carbocycles. The minimum atomic E-state index is -1.08. The molecule has 1 aromatic carbocycles. The predicted octanol–water partition coefficient (Wildman–Crippen LogP) is 3.12. The first-order valence-corrected chi connectivity index (χ1v) is 6.78. The molecule has 0 radical (unpaired) electrons. The number of carbonyl (C=O) groups excluding carboxylic acids is 2. The number of hydrogen-bond acceptors (Lipinski definition) is 5. The van der Waals surface area contributed by atoms with Crippen LogP contribution in [0.3, 0.4) is 0 Å². The molecule has 6 nitrogen and oxygen atoms in total. The number of ketones is 1. The lowest BCUT2D eigenvalue weighted by atomic mass is 9.84. The van der Waals surface area contributed by atoms with Crippen LogP contribution < -0.4 is 0 Å². The summed E-state index contributed by atoms with van der Waals surface area (Å²) in [6.45, 7) is 4.61. The molecule has 0 aliphatic rings. The van der Waals surface area contributed by atoms with E-state index in [-0.39, 0.29) is 22.9 Å². The molecule has 0 heterocycles.